The molecule has 0 aliphatic heterocycles. The molecule has 0 saturated heterocycles. The quantitative estimate of drug-likeness (QED) is 0.806. The molecule has 1 heterocycles. The highest BCUT2D eigenvalue weighted by Crippen LogP contribution is 2.34. The first kappa shape index (κ1) is 14.8. The van der Waals surface area contributed by atoms with E-state index in [-0.39, 0.29) is 5.02 Å². The molecule has 0 bridgehead atoms. The first-order chi connectivity index (χ1) is 8.27. The third-order valence-electron chi connectivity index (χ3n) is 2.31. The molecule has 2 nitrogen and oxygen atoms in total. The van der Waals surface area contributed by atoms with Gasteiger partial charge in [-0.15, -0.1) is 0 Å². The topological polar surface area (TPSA) is 16.1 Å². The fraction of sp³-hybridized carbons (Fsp3) is 0.417. The van der Waals surface area contributed by atoms with Gasteiger partial charge in [0, 0.05) is 18.4 Å². The van der Waals surface area contributed by atoms with Gasteiger partial charge in [-0.25, -0.2) is 4.98 Å². The minimum Gasteiger partial charge on any atom is -0.330 e. The molecule has 1 aromatic heterocycles. The molecule has 0 fully saturated rings. The lowest BCUT2D eigenvalue weighted by Gasteiger charge is -2.24. The summed E-state index contributed by atoms with van der Waals surface area (Å²) in [5, 5.41) is -0.0266. The summed E-state index contributed by atoms with van der Waals surface area (Å²) in [5.41, 5.74) is -0.166. The van der Waals surface area contributed by atoms with E-state index in [1.165, 1.54) is 0 Å². The molecule has 6 heteroatoms. The van der Waals surface area contributed by atoms with E-state index in [0.29, 0.717) is 18.1 Å². The van der Waals surface area contributed by atoms with Gasteiger partial charge >= 0.3 is 6.18 Å². The first-order valence-electron chi connectivity index (χ1n) is 5.43. The van der Waals surface area contributed by atoms with Crippen LogP contribution in [0.15, 0.2) is 24.5 Å². The van der Waals surface area contributed by atoms with E-state index in [1.807, 2.05) is 6.92 Å². The van der Waals surface area contributed by atoms with E-state index in [0.717, 1.165) is 18.7 Å². The number of nitrogens with zero attached hydrogens (tertiary/aromatic N) is 2. The van der Waals surface area contributed by atoms with Crippen molar-refractivity contribution in [2.75, 3.05) is 11.4 Å². The number of anilines is 1. The lowest BCUT2D eigenvalue weighted by molar-refractivity contribution is -0.137. The van der Waals surface area contributed by atoms with E-state index in [2.05, 4.69) is 11.6 Å². The van der Waals surface area contributed by atoms with Crippen LogP contribution in [-0.2, 0) is 6.18 Å². The van der Waals surface area contributed by atoms with E-state index >= 15 is 0 Å². The van der Waals surface area contributed by atoms with Gasteiger partial charge in [-0.1, -0.05) is 25.1 Å². The van der Waals surface area contributed by atoms with E-state index < -0.39 is 11.7 Å². The van der Waals surface area contributed by atoms with Crippen LogP contribution in [-0.4, -0.2) is 11.5 Å². The SMILES string of the molecule is C=C(C)N(CCC)c1ncc(C(F)(F)F)cc1Cl. The monoisotopic (exact) mass is 278 g/mol. The average molecular weight is 279 g/mol. The maximum Gasteiger partial charge on any atom is 0.417 e. The van der Waals surface area contributed by atoms with Gasteiger partial charge < -0.3 is 4.90 Å². The van der Waals surface area contributed by atoms with E-state index in [9.17, 15) is 13.2 Å². The first-order valence-corrected chi connectivity index (χ1v) is 5.81. The standard InChI is InChI=1S/C12H14ClF3N2/c1-4-5-18(8(2)3)11-10(13)6-9(7-17-11)12(14,15)16/h6-7H,2,4-5H2,1,3H3. The summed E-state index contributed by atoms with van der Waals surface area (Å²) in [6.45, 7) is 8.08. The van der Waals surface area contributed by atoms with Crippen LogP contribution in [0.2, 0.25) is 5.02 Å². The number of aromatic nitrogens is 1. The Morgan fingerprint density at radius 2 is 2.11 bits per heavy atom. The van der Waals surface area contributed by atoms with Crippen LogP contribution in [0.1, 0.15) is 25.8 Å². The lowest BCUT2D eigenvalue weighted by Crippen LogP contribution is -2.23. The Balaban J connectivity index is 3.15. The highest BCUT2D eigenvalue weighted by molar-refractivity contribution is 6.33. The number of pyridine rings is 1. The molecule has 0 aliphatic carbocycles. The molecule has 0 spiro atoms. The smallest absolute Gasteiger partial charge is 0.330 e. The number of hydrogen-bond donors (Lipinski definition) is 0. The predicted molar refractivity (Wildman–Crippen MR) is 66.7 cm³/mol. The molecule has 1 rings (SSSR count). The molecule has 0 amide bonds. The zero-order valence-corrected chi connectivity index (χ0v) is 10.9. The molecule has 100 valence electrons. The molecule has 0 N–H and O–H groups in total. The number of alkyl halides is 3. The average Bonchev–Trinajstić information content (AvgIpc) is 2.24. The summed E-state index contributed by atoms with van der Waals surface area (Å²) in [6.07, 6.45) is -2.84. The van der Waals surface area contributed by atoms with Gasteiger partial charge in [0.25, 0.3) is 0 Å². The Kier molecular flexibility index (Phi) is 4.62. The third kappa shape index (κ3) is 3.38. The molecule has 0 radical (unpaired) electrons. The van der Waals surface area contributed by atoms with Crippen molar-refractivity contribution in [3.8, 4) is 0 Å². The van der Waals surface area contributed by atoms with Gasteiger partial charge in [-0.3, -0.25) is 0 Å². The van der Waals surface area contributed by atoms with E-state index in [4.69, 9.17) is 11.6 Å². The van der Waals surface area contributed by atoms with Crippen molar-refractivity contribution >= 4 is 17.4 Å². The molecule has 18 heavy (non-hydrogen) atoms. The van der Waals surface area contributed by atoms with Crippen LogP contribution in [0.4, 0.5) is 19.0 Å². The van der Waals surface area contributed by atoms with Gasteiger partial charge in [-0.2, -0.15) is 13.2 Å². The van der Waals surface area contributed by atoms with Crippen LogP contribution in [0, 0.1) is 0 Å². The molecule has 0 saturated carbocycles. The van der Waals surface area contributed by atoms with Crippen LogP contribution in [0.5, 0.6) is 0 Å². The number of halogens is 4. The molecule has 0 unspecified atom stereocenters. The van der Waals surface area contributed by atoms with Gasteiger partial charge in [-0.05, 0) is 19.4 Å². The third-order valence-corrected chi connectivity index (χ3v) is 2.59. The molecule has 0 aromatic carbocycles. The van der Waals surface area contributed by atoms with Crippen molar-refractivity contribution in [1.82, 2.24) is 4.98 Å². The van der Waals surface area contributed by atoms with Crippen LogP contribution in [0.3, 0.4) is 0 Å². The Bertz CT molecular complexity index is 443. The minimum atomic E-state index is -4.44. The van der Waals surface area contributed by atoms with Gasteiger partial charge in [0.2, 0.25) is 0 Å². The fourth-order valence-electron chi connectivity index (χ4n) is 1.49. The van der Waals surface area contributed by atoms with Gasteiger partial charge in [0.05, 0.1) is 10.6 Å². The minimum absolute atomic E-state index is 0.0266. The van der Waals surface area contributed by atoms with Crippen molar-refractivity contribution in [2.45, 2.75) is 26.4 Å². The second-order valence-electron chi connectivity index (χ2n) is 3.91. The molecule has 1 aromatic rings. The maximum atomic E-state index is 12.5. The second kappa shape index (κ2) is 5.61. The van der Waals surface area contributed by atoms with Crippen molar-refractivity contribution in [3.63, 3.8) is 0 Å². The zero-order chi connectivity index (χ0) is 13.9. The highest BCUT2D eigenvalue weighted by Gasteiger charge is 2.32. The van der Waals surface area contributed by atoms with Gasteiger partial charge in [0.1, 0.15) is 0 Å². The Morgan fingerprint density at radius 3 is 2.50 bits per heavy atom. The summed E-state index contributed by atoms with van der Waals surface area (Å²) in [4.78, 5) is 5.49. The summed E-state index contributed by atoms with van der Waals surface area (Å²) in [5.74, 6) is 0.305. The number of rotatable bonds is 4. The molecule has 0 atom stereocenters. The lowest BCUT2D eigenvalue weighted by atomic mass is 10.2. The Morgan fingerprint density at radius 1 is 1.50 bits per heavy atom. The second-order valence-corrected chi connectivity index (χ2v) is 4.32. The summed E-state index contributed by atoms with van der Waals surface area (Å²) in [7, 11) is 0. The molecule has 0 aliphatic rings. The highest BCUT2D eigenvalue weighted by atomic mass is 35.5. The van der Waals surface area contributed by atoms with Crippen molar-refractivity contribution in [2.24, 2.45) is 0 Å². The Hall–Kier alpha value is -1.23. The summed E-state index contributed by atoms with van der Waals surface area (Å²) < 4.78 is 37.4. The molecular formula is C12H14ClF3N2. The van der Waals surface area contributed by atoms with Crippen molar-refractivity contribution < 1.29 is 13.2 Å². The largest absolute Gasteiger partial charge is 0.417 e. The normalized spacial score (nSPS) is 11.4. The van der Waals surface area contributed by atoms with Crippen molar-refractivity contribution in [3.05, 3.63) is 35.1 Å². The Labute approximate surface area is 109 Å². The van der Waals surface area contributed by atoms with Crippen LogP contribution < -0.4 is 4.90 Å². The fourth-order valence-corrected chi connectivity index (χ4v) is 1.75. The van der Waals surface area contributed by atoms with Crippen molar-refractivity contribution in [1.29, 1.82) is 0 Å². The number of allylic oxidation sites excluding steroid dienone is 1. The summed E-state index contributed by atoms with van der Waals surface area (Å²) >= 11 is 5.86. The predicted octanol–water partition coefficient (Wildman–Crippen LogP) is 4.50. The van der Waals surface area contributed by atoms with E-state index in [1.54, 1.807) is 11.8 Å². The summed E-state index contributed by atoms with van der Waals surface area (Å²) in [6, 6.07) is 0.884. The van der Waals surface area contributed by atoms with Gasteiger partial charge in [0.15, 0.2) is 5.82 Å². The maximum absolute atomic E-state index is 12.5. The molecular weight excluding hydrogens is 265 g/mol. The zero-order valence-electron chi connectivity index (χ0n) is 10.2. The number of hydrogen-bond acceptors (Lipinski definition) is 2. The van der Waals surface area contributed by atoms with Crippen LogP contribution >= 0.6 is 11.6 Å². The van der Waals surface area contributed by atoms with Crippen LogP contribution in [0.25, 0.3) is 0 Å².